The van der Waals surface area contributed by atoms with Crippen LogP contribution in [-0.4, -0.2) is 69.9 Å². The molecule has 1 aliphatic rings. The number of amides is 1. The number of carbonyl (C=O) groups is 1. The molecule has 1 aliphatic heterocycles. The molecule has 0 spiro atoms. The average Bonchev–Trinajstić information content (AvgIpc) is 3.10. The Hall–Kier alpha value is -1.84. The fourth-order valence-electron chi connectivity index (χ4n) is 2.29. The molecule has 3 heterocycles. The molecule has 1 amide bonds. The van der Waals surface area contributed by atoms with Gasteiger partial charge in [0.2, 0.25) is 0 Å². The maximum Gasteiger partial charge on any atom is 0.271 e. The Labute approximate surface area is 142 Å². The van der Waals surface area contributed by atoms with E-state index in [1.54, 1.807) is 16.7 Å². The molecule has 0 radical (unpaired) electrons. The topological polar surface area (TPSA) is 85.2 Å². The van der Waals surface area contributed by atoms with Crippen LogP contribution in [0, 0.1) is 0 Å². The molecule has 0 unspecified atom stereocenters. The maximum absolute atomic E-state index is 12.3. The van der Waals surface area contributed by atoms with Crippen molar-refractivity contribution in [3.8, 4) is 5.82 Å². The van der Waals surface area contributed by atoms with Crippen LogP contribution < -0.4 is 5.32 Å². The van der Waals surface area contributed by atoms with E-state index >= 15 is 0 Å². The van der Waals surface area contributed by atoms with Crippen molar-refractivity contribution in [2.75, 3.05) is 39.4 Å². The standard InChI is InChI=1S/C14H17BrN6O2/c15-11-1-2-12(21-9-17-18-10-21)19-13(11)14(22)16-3-4-20-5-7-23-8-6-20/h1-2,9-10H,3-8H2,(H,16,22). The molecular weight excluding hydrogens is 364 g/mol. The molecule has 3 rings (SSSR count). The van der Waals surface area contributed by atoms with Crippen molar-refractivity contribution in [1.82, 2.24) is 30.0 Å². The molecule has 2 aromatic rings. The van der Waals surface area contributed by atoms with E-state index < -0.39 is 0 Å². The van der Waals surface area contributed by atoms with Crippen LogP contribution >= 0.6 is 15.9 Å². The molecule has 1 saturated heterocycles. The van der Waals surface area contributed by atoms with Crippen molar-refractivity contribution in [2.45, 2.75) is 0 Å². The number of rotatable bonds is 5. The molecule has 0 atom stereocenters. The van der Waals surface area contributed by atoms with Crippen LogP contribution in [0.4, 0.5) is 0 Å². The largest absolute Gasteiger partial charge is 0.379 e. The number of carbonyl (C=O) groups excluding carboxylic acids is 1. The summed E-state index contributed by atoms with van der Waals surface area (Å²) in [5, 5.41) is 10.4. The number of aromatic nitrogens is 4. The lowest BCUT2D eigenvalue weighted by Gasteiger charge is -2.26. The van der Waals surface area contributed by atoms with E-state index in [4.69, 9.17) is 4.74 Å². The lowest BCUT2D eigenvalue weighted by atomic mass is 10.3. The number of nitrogens with zero attached hydrogens (tertiary/aromatic N) is 5. The summed E-state index contributed by atoms with van der Waals surface area (Å²) in [5.41, 5.74) is 0.346. The highest BCUT2D eigenvalue weighted by molar-refractivity contribution is 9.10. The van der Waals surface area contributed by atoms with Crippen LogP contribution in [0.1, 0.15) is 10.5 Å². The molecule has 9 heteroatoms. The van der Waals surface area contributed by atoms with Crippen LogP contribution in [0.15, 0.2) is 29.3 Å². The van der Waals surface area contributed by atoms with Crippen molar-refractivity contribution < 1.29 is 9.53 Å². The minimum atomic E-state index is -0.208. The quantitative estimate of drug-likeness (QED) is 0.812. The monoisotopic (exact) mass is 380 g/mol. The highest BCUT2D eigenvalue weighted by Crippen LogP contribution is 2.16. The Kier molecular flexibility index (Phi) is 5.31. The van der Waals surface area contributed by atoms with E-state index in [9.17, 15) is 4.79 Å². The molecule has 122 valence electrons. The maximum atomic E-state index is 12.3. The first kappa shape index (κ1) is 16.0. The number of morpholine rings is 1. The van der Waals surface area contributed by atoms with Gasteiger partial charge in [-0.15, -0.1) is 10.2 Å². The number of ether oxygens (including phenoxy) is 1. The summed E-state index contributed by atoms with van der Waals surface area (Å²) in [4.78, 5) is 19.0. The molecule has 23 heavy (non-hydrogen) atoms. The van der Waals surface area contributed by atoms with Crippen molar-refractivity contribution in [3.05, 3.63) is 35.0 Å². The predicted molar refractivity (Wildman–Crippen MR) is 86.4 cm³/mol. The Bertz CT molecular complexity index is 657. The van der Waals surface area contributed by atoms with Gasteiger partial charge in [-0.2, -0.15) is 0 Å². The van der Waals surface area contributed by atoms with Gasteiger partial charge in [0.25, 0.3) is 5.91 Å². The zero-order valence-electron chi connectivity index (χ0n) is 12.5. The second kappa shape index (κ2) is 7.62. The minimum Gasteiger partial charge on any atom is -0.379 e. The van der Waals surface area contributed by atoms with Gasteiger partial charge in [0, 0.05) is 30.7 Å². The summed E-state index contributed by atoms with van der Waals surface area (Å²) >= 11 is 3.37. The minimum absolute atomic E-state index is 0.208. The summed E-state index contributed by atoms with van der Waals surface area (Å²) in [7, 11) is 0. The summed E-state index contributed by atoms with van der Waals surface area (Å²) < 4.78 is 7.60. The van der Waals surface area contributed by atoms with Crippen LogP contribution in [0.3, 0.4) is 0 Å². The summed E-state index contributed by atoms with van der Waals surface area (Å²) in [5.74, 6) is 0.386. The Balaban J connectivity index is 1.61. The number of halogens is 1. The average molecular weight is 381 g/mol. The molecule has 0 saturated carbocycles. The molecule has 0 aromatic carbocycles. The third-order valence-corrected chi connectivity index (χ3v) is 4.19. The number of pyridine rings is 1. The third-order valence-electron chi connectivity index (χ3n) is 3.55. The molecule has 1 fully saturated rings. The van der Waals surface area contributed by atoms with Gasteiger partial charge in [-0.3, -0.25) is 14.3 Å². The lowest BCUT2D eigenvalue weighted by molar-refractivity contribution is 0.0383. The normalized spacial score (nSPS) is 15.5. The summed E-state index contributed by atoms with van der Waals surface area (Å²) in [6, 6.07) is 3.58. The van der Waals surface area contributed by atoms with E-state index in [1.807, 2.05) is 0 Å². The number of nitrogens with one attached hydrogen (secondary N) is 1. The first-order valence-electron chi connectivity index (χ1n) is 7.34. The third kappa shape index (κ3) is 4.12. The van der Waals surface area contributed by atoms with Crippen molar-refractivity contribution >= 4 is 21.8 Å². The lowest BCUT2D eigenvalue weighted by Crippen LogP contribution is -2.41. The molecule has 8 nitrogen and oxygen atoms in total. The van der Waals surface area contributed by atoms with E-state index in [0.29, 0.717) is 22.5 Å². The van der Waals surface area contributed by atoms with Gasteiger partial charge in [-0.05, 0) is 28.1 Å². The first-order valence-corrected chi connectivity index (χ1v) is 8.13. The van der Waals surface area contributed by atoms with Crippen LogP contribution in [0.5, 0.6) is 0 Å². The predicted octanol–water partition coefficient (Wildman–Crippen LogP) is 0.487. The van der Waals surface area contributed by atoms with Crippen LogP contribution in [-0.2, 0) is 4.74 Å². The summed E-state index contributed by atoms with van der Waals surface area (Å²) in [6.07, 6.45) is 3.08. The van der Waals surface area contributed by atoms with Gasteiger partial charge < -0.3 is 10.1 Å². The van der Waals surface area contributed by atoms with Crippen molar-refractivity contribution in [1.29, 1.82) is 0 Å². The smallest absolute Gasteiger partial charge is 0.271 e. The summed E-state index contributed by atoms with van der Waals surface area (Å²) in [6.45, 7) is 4.69. The fourth-order valence-corrected chi connectivity index (χ4v) is 2.69. The zero-order chi connectivity index (χ0) is 16.1. The van der Waals surface area contributed by atoms with Gasteiger partial charge in [0.15, 0.2) is 0 Å². The van der Waals surface area contributed by atoms with Crippen LogP contribution in [0.2, 0.25) is 0 Å². The van der Waals surface area contributed by atoms with E-state index in [1.165, 1.54) is 12.7 Å². The zero-order valence-corrected chi connectivity index (χ0v) is 14.1. The Morgan fingerprint density at radius 1 is 1.26 bits per heavy atom. The van der Waals surface area contributed by atoms with E-state index in [-0.39, 0.29) is 5.91 Å². The number of hydrogen-bond acceptors (Lipinski definition) is 6. The number of hydrogen-bond donors (Lipinski definition) is 1. The Morgan fingerprint density at radius 2 is 2.00 bits per heavy atom. The van der Waals surface area contributed by atoms with Crippen LogP contribution in [0.25, 0.3) is 5.82 Å². The molecule has 0 aliphatic carbocycles. The van der Waals surface area contributed by atoms with Gasteiger partial charge in [-0.25, -0.2) is 4.98 Å². The molecular formula is C14H17BrN6O2. The second-order valence-corrected chi connectivity index (χ2v) is 5.93. The van der Waals surface area contributed by atoms with Gasteiger partial charge in [0.1, 0.15) is 24.2 Å². The SMILES string of the molecule is O=C(NCCN1CCOCC1)c1nc(-n2cnnc2)ccc1Br. The van der Waals surface area contributed by atoms with Crippen molar-refractivity contribution in [3.63, 3.8) is 0 Å². The highest BCUT2D eigenvalue weighted by atomic mass is 79.9. The van der Waals surface area contributed by atoms with Gasteiger partial charge in [0.05, 0.1) is 13.2 Å². The van der Waals surface area contributed by atoms with Gasteiger partial charge in [-0.1, -0.05) is 0 Å². The molecule has 2 aromatic heterocycles. The first-order chi connectivity index (χ1) is 11.2. The van der Waals surface area contributed by atoms with Gasteiger partial charge >= 0.3 is 0 Å². The Morgan fingerprint density at radius 3 is 2.74 bits per heavy atom. The van der Waals surface area contributed by atoms with E-state index in [0.717, 1.165) is 32.8 Å². The highest BCUT2D eigenvalue weighted by Gasteiger charge is 2.15. The van der Waals surface area contributed by atoms with Crippen molar-refractivity contribution in [2.24, 2.45) is 0 Å². The van der Waals surface area contributed by atoms with E-state index in [2.05, 4.69) is 41.3 Å². The second-order valence-electron chi connectivity index (χ2n) is 5.08. The fraction of sp³-hybridized carbons (Fsp3) is 0.429. The molecule has 0 bridgehead atoms. The molecule has 1 N–H and O–H groups in total.